The lowest BCUT2D eigenvalue weighted by Gasteiger charge is -2.08. The number of benzene rings is 1. The van der Waals surface area contributed by atoms with Crippen LogP contribution in [0.1, 0.15) is 30.5 Å². The Kier molecular flexibility index (Phi) is 6.25. The van der Waals surface area contributed by atoms with Crippen LogP contribution in [0.3, 0.4) is 0 Å². The van der Waals surface area contributed by atoms with Crippen molar-refractivity contribution in [2.75, 3.05) is 5.32 Å². The number of nitrogens with one attached hydrogen (secondary N) is 1. The number of aromatic nitrogens is 3. The van der Waals surface area contributed by atoms with Gasteiger partial charge in [-0.2, -0.15) is 5.26 Å². The molecule has 30 heavy (non-hydrogen) atoms. The van der Waals surface area contributed by atoms with Crippen molar-refractivity contribution in [1.82, 2.24) is 14.8 Å². The van der Waals surface area contributed by atoms with Crippen molar-refractivity contribution in [2.45, 2.75) is 19.8 Å². The van der Waals surface area contributed by atoms with E-state index in [0.717, 1.165) is 5.01 Å². The molecule has 1 aromatic carbocycles. The molecule has 3 aromatic rings. The number of nitriles is 1. The molecular weight excluding hydrogens is 428 g/mol. The normalized spacial score (nSPS) is 11.4. The zero-order chi connectivity index (χ0) is 21.8. The number of hydrogen-bond donors (Lipinski definition) is 1. The van der Waals surface area contributed by atoms with Crippen molar-refractivity contribution < 1.29 is 9.72 Å². The number of carbonyl (C=O) groups is 1. The first-order valence-corrected chi connectivity index (χ1v) is 9.87. The molecule has 1 amide bonds. The summed E-state index contributed by atoms with van der Waals surface area (Å²) >= 11 is 7.11. The van der Waals surface area contributed by atoms with Gasteiger partial charge in [-0.1, -0.05) is 36.8 Å². The van der Waals surface area contributed by atoms with Gasteiger partial charge in [0.25, 0.3) is 11.6 Å². The predicted octanol–water partition coefficient (Wildman–Crippen LogP) is 4.56. The Bertz CT molecular complexity index is 1190. The summed E-state index contributed by atoms with van der Waals surface area (Å²) in [4.78, 5) is 23.1. The number of nitro benzene ring substituents is 1. The number of rotatable bonds is 6. The van der Waals surface area contributed by atoms with Crippen LogP contribution in [0.4, 0.5) is 10.8 Å². The van der Waals surface area contributed by atoms with Gasteiger partial charge in [-0.05, 0) is 30.3 Å². The Morgan fingerprint density at radius 3 is 2.80 bits per heavy atom. The molecule has 0 fully saturated rings. The summed E-state index contributed by atoms with van der Waals surface area (Å²) < 4.78 is 1.61. The molecule has 9 nitrogen and oxygen atoms in total. The lowest BCUT2D eigenvalue weighted by atomic mass is 10.2. The third kappa shape index (κ3) is 4.53. The number of hydrogen-bond acceptors (Lipinski definition) is 7. The Balaban J connectivity index is 1.90. The summed E-state index contributed by atoms with van der Waals surface area (Å²) in [7, 11) is 0. The highest BCUT2D eigenvalue weighted by atomic mass is 35.5. The zero-order valence-corrected chi connectivity index (χ0v) is 17.4. The van der Waals surface area contributed by atoms with E-state index in [4.69, 9.17) is 11.6 Å². The van der Waals surface area contributed by atoms with E-state index in [0.29, 0.717) is 16.5 Å². The van der Waals surface area contributed by atoms with E-state index >= 15 is 0 Å². The SMILES string of the molecule is CC(C)c1nnc(NC(=O)/C(C#N)=C\c2cccn2-c2ccc(Cl)c([N+](=O)[O-])c2)s1. The third-order valence-corrected chi connectivity index (χ3v) is 5.46. The van der Waals surface area contributed by atoms with Gasteiger partial charge >= 0.3 is 0 Å². The lowest BCUT2D eigenvalue weighted by Crippen LogP contribution is -2.13. The number of nitrogens with zero attached hydrogens (tertiary/aromatic N) is 5. The molecule has 0 aliphatic rings. The minimum absolute atomic E-state index is 0.0166. The topological polar surface area (TPSA) is 127 Å². The minimum atomic E-state index is -0.626. The van der Waals surface area contributed by atoms with Crippen LogP contribution in [0.2, 0.25) is 5.02 Å². The fourth-order valence-corrected chi connectivity index (χ4v) is 3.44. The molecule has 0 bridgehead atoms. The second-order valence-electron chi connectivity index (χ2n) is 6.42. The van der Waals surface area contributed by atoms with Gasteiger partial charge in [-0.25, -0.2) is 0 Å². The number of anilines is 1. The van der Waals surface area contributed by atoms with E-state index in [2.05, 4.69) is 15.5 Å². The Morgan fingerprint density at radius 1 is 1.40 bits per heavy atom. The Labute approximate surface area is 180 Å². The van der Waals surface area contributed by atoms with Crippen LogP contribution in [-0.4, -0.2) is 25.6 Å². The van der Waals surface area contributed by atoms with Crippen LogP contribution in [0, 0.1) is 21.4 Å². The molecule has 11 heteroatoms. The third-order valence-electron chi connectivity index (χ3n) is 4.00. The van der Waals surface area contributed by atoms with E-state index in [1.54, 1.807) is 29.0 Å². The average Bonchev–Trinajstić information content (AvgIpc) is 3.35. The summed E-state index contributed by atoms with van der Waals surface area (Å²) in [5.74, 6) is -0.454. The summed E-state index contributed by atoms with van der Waals surface area (Å²) in [6, 6.07) is 9.58. The van der Waals surface area contributed by atoms with Crippen molar-refractivity contribution in [3.8, 4) is 11.8 Å². The quantitative estimate of drug-likeness (QED) is 0.258. The second kappa shape index (κ2) is 8.86. The fraction of sp³-hybridized carbons (Fsp3) is 0.158. The van der Waals surface area contributed by atoms with Gasteiger partial charge in [0.1, 0.15) is 21.7 Å². The van der Waals surface area contributed by atoms with Gasteiger partial charge < -0.3 is 4.57 Å². The largest absolute Gasteiger partial charge is 0.317 e. The van der Waals surface area contributed by atoms with Crippen molar-refractivity contribution in [2.24, 2.45) is 0 Å². The molecule has 0 radical (unpaired) electrons. The molecule has 0 aliphatic heterocycles. The summed E-state index contributed by atoms with van der Waals surface area (Å²) in [5.41, 5.74) is 0.553. The van der Waals surface area contributed by atoms with Crippen molar-refractivity contribution in [3.63, 3.8) is 0 Å². The first-order valence-electron chi connectivity index (χ1n) is 8.68. The summed E-state index contributed by atoms with van der Waals surface area (Å²) in [5, 5.41) is 32.2. The number of nitro groups is 1. The van der Waals surface area contributed by atoms with Gasteiger partial charge in [0.2, 0.25) is 5.13 Å². The second-order valence-corrected chi connectivity index (χ2v) is 7.84. The maximum absolute atomic E-state index is 12.5. The monoisotopic (exact) mass is 442 g/mol. The molecule has 0 spiro atoms. The van der Waals surface area contributed by atoms with Gasteiger partial charge in [0.05, 0.1) is 10.6 Å². The highest BCUT2D eigenvalue weighted by molar-refractivity contribution is 7.15. The van der Waals surface area contributed by atoms with Gasteiger partial charge in [0.15, 0.2) is 0 Å². The standard InChI is InChI=1S/C19H15ClN6O3S/c1-11(2)18-23-24-19(30-18)22-17(27)12(10-21)8-13-4-3-7-25(13)14-5-6-15(20)16(9-14)26(28)29/h3-9,11H,1-2H3,(H,22,24,27)/b12-8-. The first kappa shape index (κ1) is 21.2. The molecule has 2 heterocycles. The average molecular weight is 443 g/mol. The number of amides is 1. The molecule has 0 aliphatic carbocycles. The van der Waals surface area contributed by atoms with Crippen LogP contribution in [0.25, 0.3) is 11.8 Å². The highest BCUT2D eigenvalue weighted by Crippen LogP contribution is 2.28. The maximum atomic E-state index is 12.5. The van der Waals surface area contributed by atoms with Crippen LogP contribution >= 0.6 is 22.9 Å². The van der Waals surface area contributed by atoms with Crippen LogP contribution in [0.5, 0.6) is 0 Å². The van der Waals surface area contributed by atoms with Crippen LogP contribution in [0.15, 0.2) is 42.1 Å². The fourth-order valence-electron chi connectivity index (χ4n) is 2.52. The van der Waals surface area contributed by atoms with E-state index in [9.17, 15) is 20.2 Å². The lowest BCUT2D eigenvalue weighted by molar-refractivity contribution is -0.384. The van der Waals surface area contributed by atoms with Crippen LogP contribution < -0.4 is 5.32 Å². The Morgan fingerprint density at radius 2 is 2.17 bits per heavy atom. The maximum Gasteiger partial charge on any atom is 0.289 e. The highest BCUT2D eigenvalue weighted by Gasteiger charge is 2.17. The van der Waals surface area contributed by atoms with E-state index < -0.39 is 10.8 Å². The molecule has 2 aromatic heterocycles. The van der Waals surface area contributed by atoms with E-state index in [-0.39, 0.29) is 22.2 Å². The van der Waals surface area contributed by atoms with Crippen molar-refractivity contribution >= 4 is 45.7 Å². The first-order chi connectivity index (χ1) is 14.3. The van der Waals surface area contributed by atoms with Crippen molar-refractivity contribution in [1.29, 1.82) is 5.26 Å². The summed E-state index contributed by atoms with van der Waals surface area (Å²) in [6.07, 6.45) is 3.05. The molecule has 0 atom stereocenters. The molecule has 0 saturated carbocycles. The minimum Gasteiger partial charge on any atom is -0.317 e. The smallest absolute Gasteiger partial charge is 0.289 e. The van der Waals surface area contributed by atoms with E-state index in [1.165, 1.54) is 29.5 Å². The van der Waals surface area contributed by atoms with Gasteiger partial charge in [-0.3, -0.25) is 20.2 Å². The molecule has 152 valence electrons. The molecule has 0 saturated heterocycles. The van der Waals surface area contributed by atoms with E-state index in [1.807, 2.05) is 19.9 Å². The van der Waals surface area contributed by atoms with Gasteiger partial charge in [0, 0.05) is 23.9 Å². The van der Waals surface area contributed by atoms with Gasteiger partial charge in [-0.15, -0.1) is 10.2 Å². The zero-order valence-electron chi connectivity index (χ0n) is 15.9. The number of halogens is 1. The molecule has 0 unspecified atom stereocenters. The van der Waals surface area contributed by atoms with Crippen LogP contribution in [-0.2, 0) is 4.79 Å². The predicted molar refractivity (Wildman–Crippen MR) is 114 cm³/mol. The number of carbonyl (C=O) groups excluding carboxylic acids is 1. The summed E-state index contributed by atoms with van der Waals surface area (Å²) in [6.45, 7) is 3.92. The van der Waals surface area contributed by atoms with Crippen molar-refractivity contribution in [3.05, 3.63) is 67.9 Å². The molecule has 3 rings (SSSR count). The Hall–Kier alpha value is -3.55. The molecular formula is C19H15ClN6O3S. The molecule has 1 N–H and O–H groups in total.